The van der Waals surface area contributed by atoms with Crippen molar-refractivity contribution in [1.82, 2.24) is 24.6 Å². The number of piperazine rings is 1. The van der Waals surface area contributed by atoms with Gasteiger partial charge in [0, 0.05) is 44.4 Å². The number of pyridine rings is 1. The van der Waals surface area contributed by atoms with E-state index in [0.717, 1.165) is 34.8 Å². The average Bonchev–Trinajstić information content (AvgIpc) is 3.06. The lowest BCUT2D eigenvalue weighted by molar-refractivity contribution is -0.274. The first-order valence-electron chi connectivity index (χ1n) is 14.3. The molecule has 1 fully saturated rings. The molecule has 1 atom stereocenters. The number of rotatable bonds is 10. The maximum atomic E-state index is 14.1. The van der Waals surface area contributed by atoms with E-state index in [1.165, 1.54) is 48.5 Å². The molecule has 2 N–H and O–H groups in total. The van der Waals surface area contributed by atoms with Gasteiger partial charge in [-0.15, -0.1) is 13.2 Å². The molecule has 1 amide bonds. The highest BCUT2D eigenvalue weighted by molar-refractivity contribution is 7.89. The predicted molar refractivity (Wildman–Crippen MR) is 160 cm³/mol. The predicted octanol–water partition coefficient (Wildman–Crippen LogP) is 4.32. The van der Waals surface area contributed by atoms with Crippen LogP contribution in [0.25, 0.3) is 11.0 Å². The number of carboxylic acids is 1. The fourth-order valence-corrected chi connectivity index (χ4v) is 6.61. The van der Waals surface area contributed by atoms with E-state index in [2.05, 4.69) is 25.0 Å². The monoisotopic (exact) mass is 694 g/mol. The number of alkyl halides is 5. The maximum Gasteiger partial charge on any atom is 0.573 e. The van der Waals surface area contributed by atoms with Gasteiger partial charge in [-0.2, -0.15) is 4.31 Å². The third-order valence-corrected chi connectivity index (χ3v) is 9.51. The van der Waals surface area contributed by atoms with Gasteiger partial charge in [0.1, 0.15) is 34.2 Å². The summed E-state index contributed by atoms with van der Waals surface area (Å²) in [6, 6.07) is 7.35. The Balaban J connectivity index is 1.43. The van der Waals surface area contributed by atoms with Crippen LogP contribution in [-0.4, -0.2) is 76.7 Å². The molecule has 0 aliphatic carbocycles. The molecule has 0 saturated carbocycles. The minimum atomic E-state index is -5.00. The standard InChI is InChI=1S/C30H27F5N6O6S/c1-2-29(31,32)19-5-3-18(4-6-19)13-38-27(42)24-17-40(25-16-37-23-15-36-14-22(28(43)44)26(23)39-25)11-12-41(24)48(45,46)21-9-7-20(8-10-21)47-30(33,34)35/h3-10,14-16,24H,2,11-13,17H2,1H3,(H,38,42)(H,43,44). The van der Waals surface area contributed by atoms with Crippen molar-refractivity contribution in [2.75, 3.05) is 24.5 Å². The lowest BCUT2D eigenvalue weighted by Gasteiger charge is -2.40. The van der Waals surface area contributed by atoms with E-state index in [-0.39, 0.29) is 54.2 Å². The van der Waals surface area contributed by atoms with E-state index in [1.54, 1.807) is 0 Å². The fraction of sp³-hybridized carbons (Fsp3) is 0.300. The molecule has 254 valence electrons. The van der Waals surface area contributed by atoms with Gasteiger partial charge >= 0.3 is 12.3 Å². The fourth-order valence-electron chi connectivity index (χ4n) is 5.04. The molecule has 12 nitrogen and oxygen atoms in total. The molecule has 0 radical (unpaired) electrons. The second-order valence-corrected chi connectivity index (χ2v) is 12.5. The molecule has 1 saturated heterocycles. The average molecular weight is 695 g/mol. The van der Waals surface area contributed by atoms with Crippen molar-refractivity contribution >= 4 is 38.8 Å². The van der Waals surface area contributed by atoms with Crippen LogP contribution in [0.5, 0.6) is 5.75 Å². The Kier molecular flexibility index (Phi) is 9.50. The number of ether oxygens (including phenoxy) is 1. The van der Waals surface area contributed by atoms with Gasteiger partial charge in [0.05, 0.1) is 17.3 Å². The Morgan fingerprint density at radius 1 is 1.00 bits per heavy atom. The molecule has 0 spiro atoms. The molecule has 3 heterocycles. The zero-order chi connectivity index (χ0) is 34.9. The summed E-state index contributed by atoms with van der Waals surface area (Å²) in [5, 5.41) is 12.2. The lowest BCUT2D eigenvalue weighted by Crippen LogP contribution is -2.60. The molecule has 1 aliphatic heterocycles. The van der Waals surface area contributed by atoms with E-state index in [1.807, 2.05) is 0 Å². The van der Waals surface area contributed by atoms with Crippen molar-refractivity contribution in [3.63, 3.8) is 0 Å². The van der Waals surface area contributed by atoms with Crippen molar-refractivity contribution in [3.8, 4) is 5.75 Å². The van der Waals surface area contributed by atoms with Gasteiger partial charge in [-0.1, -0.05) is 31.2 Å². The summed E-state index contributed by atoms with van der Waals surface area (Å²) in [7, 11) is -4.48. The minimum Gasteiger partial charge on any atom is -0.478 e. The molecular formula is C30H27F5N6O6S. The number of hydrogen-bond acceptors (Lipinski definition) is 9. The second kappa shape index (κ2) is 13.3. The molecule has 4 aromatic rings. The number of halogens is 5. The van der Waals surface area contributed by atoms with Crippen LogP contribution in [0.2, 0.25) is 0 Å². The molecule has 1 unspecified atom stereocenters. The number of carboxylic acid groups (broad SMARTS) is 1. The van der Waals surface area contributed by atoms with Gasteiger partial charge in [0.2, 0.25) is 15.9 Å². The highest BCUT2D eigenvalue weighted by Crippen LogP contribution is 2.32. The molecule has 48 heavy (non-hydrogen) atoms. The third-order valence-electron chi connectivity index (χ3n) is 7.58. The molecule has 5 rings (SSSR count). The molecule has 18 heteroatoms. The van der Waals surface area contributed by atoms with E-state index < -0.39 is 57.3 Å². The SMILES string of the molecule is CCC(F)(F)c1ccc(CNC(=O)C2CN(c3cnc4cncc(C(=O)O)c4n3)CCN2S(=O)(=O)c2ccc(OC(F)(F)F)cc2)cc1. The Labute approximate surface area is 270 Å². The number of hydrogen-bond donors (Lipinski definition) is 2. The lowest BCUT2D eigenvalue weighted by atomic mass is 10.0. The Morgan fingerprint density at radius 2 is 1.69 bits per heavy atom. The van der Waals surface area contributed by atoms with E-state index in [9.17, 15) is 45.1 Å². The van der Waals surface area contributed by atoms with Crippen LogP contribution >= 0.6 is 0 Å². The molecule has 2 aromatic carbocycles. The maximum absolute atomic E-state index is 14.1. The van der Waals surface area contributed by atoms with Crippen molar-refractivity contribution < 1.29 is 49.8 Å². The van der Waals surface area contributed by atoms with Gasteiger partial charge in [0.25, 0.3) is 5.92 Å². The number of aromatic carboxylic acids is 1. The number of aromatic nitrogens is 3. The summed E-state index contributed by atoms with van der Waals surface area (Å²) < 4.78 is 98.3. The van der Waals surface area contributed by atoms with Crippen molar-refractivity contribution in [3.05, 3.63) is 83.8 Å². The highest BCUT2D eigenvalue weighted by Gasteiger charge is 2.41. The number of nitrogens with zero attached hydrogens (tertiary/aromatic N) is 5. The number of sulfonamides is 1. The molecular weight excluding hydrogens is 667 g/mol. The summed E-state index contributed by atoms with van der Waals surface area (Å²) >= 11 is 0. The zero-order valence-electron chi connectivity index (χ0n) is 25.0. The number of nitrogens with one attached hydrogen (secondary N) is 1. The van der Waals surface area contributed by atoms with Crippen molar-refractivity contribution in [2.45, 2.75) is 43.1 Å². The summed E-state index contributed by atoms with van der Waals surface area (Å²) in [4.78, 5) is 39.0. The number of benzene rings is 2. The first-order chi connectivity index (χ1) is 22.6. The minimum absolute atomic E-state index is 0.0179. The van der Waals surface area contributed by atoms with Crippen molar-refractivity contribution in [2.24, 2.45) is 0 Å². The normalized spacial score (nSPS) is 16.1. The van der Waals surface area contributed by atoms with Crippen LogP contribution < -0.4 is 15.0 Å². The largest absolute Gasteiger partial charge is 0.573 e. The van der Waals surface area contributed by atoms with Gasteiger partial charge in [0.15, 0.2) is 0 Å². The quantitative estimate of drug-likeness (QED) is 0.230. The van der Waals surface area contributed by atoms with Gasteiger partial charge in [-0.3, -0.25) is 9.78 Å². The topological polar surface area (TPSA) is 155 Å². The molecule has 0 bridgehead atoms. The summed E-state index contributed by atoms with van der Waals surface area (Å²) in [5.74, 6) is -5.60. The second-order valence-electron chi connectivity index (χ2n) is 10.7. The van der Waals surface area contributed by atoms with E-state index in [4.69, 9.17) is 0 Å². The summed E-state index contributed by atoms with van der Waals surface area (Å²) in [6.45, 7) is 0.603. The van der Waals surface area contributed by atoms with Gasteiger partial charge < -0.3 is 20.1 Å². The number of carbonyl (C=O) groups is 2. The Bertz CT molecular complexity index is 1930. The first kappa shape index (κ1) is 34.4. The Hall–Kier alpha value is -4.97. The van der Waals surface area contributed by atoms with Crippen LogP contribution in [0.15, 0.2) is 72.0 Å². The Morgan fingerprint density at radius 3 is 2.31 bits per heavy atom. The van der Waals surface area contributed by atoms with Crippen LogP contribution in [0, 0.1) is 0 Å². The van der Waals surface area contributed by atoms with Crippen LogP contribution in [-0.2, 0) is 27.3 Å². The van der Waals surface area contributed by atoms with Gasteiger partial charge in [-0.05, 0) is 29.8 Å². The highest BCUT2D eigenvalue weighted by atomic mass is 32.2. The number of amides is 1. The van der Waals surface area contributed by atoms with Crippen LogP contribution in [0.4, 0.5) is 27.8 Å². The number of fused-ring (bicyclic) bond motifs is 1. The summed E-state index contributed by atoms with van der Waals surface area (Å²) in [5.41, 5.74) is 0.235. The number of anilines is 1. The molecule has 1 aliphatic rings. The molecule has 2 aromatic heterocycles. The number of carbonyl (C=O) groups excluding carboxylic acids is 1. The smallest absolute Gasteiger partial charge is 0.478 e. The van der Waals surface area contributed by atoms with E-state index in [0.29, 0.717) is 5.56 Å². The van der Waals surface area contributed by atoms with Gasteiger partial charge in [-0.25, -0.2) is 32.0 Å². The van der Waals surface area contributed by atoms with Crippen LogP contribution in [0.3, 0.4) is 0 Å². The zero-order valence-corrected chi connectivity index (χ0v) is 25.8. The van der Waals surface area contributed by atoms with Crippen molar-refractivity contribution in [1.29, 1.82) is 0 Å². The summed E-state index contributed by atoms with van der Waals surface area (Å²) in [6.07, 6.45) is -1.66. The van der Waals surface area contributed by atoms with Crippen LogP contribution in [0.1, 0.15) is 34.8 Å². The first-order valence-corrected chi connectivity index (χ1v) is 15.7. The third kappa shape index (κ3) is 7.44. The van der Waals surface area contributed by atoms with E-state index >= 15 is 0 Å².